The van der Waals surface area contributed by atoms with Gasteiger partial charge in [-0.05, 0) is 49.2 Å². The van der Waals surface area contributed by atoms with Gasteiger partial charge in [-0.3, -0.25) is 25.0 Å². The van der Waals surface area contributed by atoms with Crippen molar-refractivity contribution in [2.24, 2.45) is 0 Å². The lowest BCUT2D eigenvalue weighted by Gasteiger charge is -2.29. The average molecular weight is 393 g/mol. The lowest BCUT2D eigenvalue weighted by Crippen LogP contribution is -2.52. The van der Waals surface area contributed by atoms with Crippen molar-refractivity contribution in [3.63, 3.8) is 0 Å². The number of nitrogens with one attached hydrogen (secondary N) is 3. The van der Waals surface area contributed by atoms with Crippen molar-refractivity contribution in [1.82, 2.24) is 15.2 Å². The molecule has 0 spiro atoms. The second-order valence-corrected chi connectivity index (χ2v) is 7.02. The molecule has 3 N–H and O–H groups in total. The van der Waals surface area contributed by atoms with Crippen LogP contribution in [0.4, 0.5) is 16.3 Å². The van der Waals surface area contributed by atoms with Gasteiger partial charge in [-0.15, -0.1) is 0 Å². The van der Waals surface area contributed by atoms with Gasteiger partial charge in [-0.2, -0.15) is 0 Å². The van der Waals surface area contributed by atoms with Gasteiger partial charge in [0, 0.05) is 29.9 Å². The van der Waals surface area contributed by atoms with Crippen LogP contribution in [0.25, 0.3) is 0 Å². The first-order chi connectivity index (χ1) is 13.9. The molecule has 2 aromatic rings. The molecule has 1 fully saturated rings. The van der Waals surface area contributed by atoms with Crippen LogP contribution in [0.2, 0.25) is 0 Å². The predicted molar refractivity (Wildman–Crippen MR) is 104 cm³/mol. The Balaban J connectivity index is 1.45. The van der Waals surface area contributed by atoms with E-state index in [9.17, 15) is 19.2 Å². The quantitative estimate of drug-likeness (QED) is 0.687. The van der Waals surface area contributed by atoms with Crippen LogP contribution in [0.3, 0.4) is 0 Å². The van der Waals surface area contributed by atoms with Gasteiger partial charge in [0.05, 0.1) is 0 Å². The number of benzene rings is 1. The second kappa shape index (κ2) is 7.34. The van der Waals surface area contributed by atoms with Crippen LogP contribution in [0.1, 0.15) is 34.5 Å². The van der Waals surface area contributed by atoms with Gasteiger partial charge in [-0.25, -0.2) is 9.78 Å². The van der Waals surface area contributed by atoms with Crippen LogP contribution in [0.15, 0.2) is 36.4 Å². The second-order valence-electron chi connectivity index (χ2n) is 7.02. The van der Waals surface area contributed by atoms with Gasteiger partial charge < -0.3 is 10.2 Å². The summed E-state index contributed by atoms with van der Waals surface area (Å²) in [5.41, 5.74) is 2.51. The third-order valence-corrected chi connectivity index (χ3v) is 4.91. The Hall–Kier alpha value is -3.75. The first-order valence-electron chi connectivity index (χ1n) is 9.20. The number of aryl methyl sites for hydroxylation is 1. The Morgan fingerprint density at radius 2 is 2.00 bits per heavy atom. The van der Waals surface area contributed by atoms with E-state index in [4.69, 9.17) is 0 Å². The van der Waals surface area contributed by atoms with E-state index < -0.39 is 18.0 Å². The first-order valence-corrected chi connectivity index (χ1v) is 9.20. The number of fused-ring (bicyclic) bond motifs is 1. The van der Waals surface area contributed by atoms with Crippen LogP contribution in [-0.4, -0.2) is 39.7 Å². The normalized spacial score (nSPS) is 18.3. The van der Waals surface area contributed by atoms with E-state index >= 15 is 0 Å². The molecule has 5 amide bonds. The summed E-state index contributed by atoms with van der Waals surface area (Å²) < 4.78 is 0. The van der Waals surface area contributed by atoms with Crippen molar-refractivity contribution in [3.8, 4) is 0 Å². The monoisotopic (exact) mass is 393 g/mol. The number of nitrogens with zero attached hydrogens (tertiary/aromatic N) is 2. The van der Waals surface area contributed by atoms with E-state index in [1.165, 1.54) is 4.90 Å². The summed E-state index contributed by atoms with van der Waals surface area (Å²) in [6, 6.07) is 9.16. The number of urea groups is 1. The molecule has 1 atom stereocenters. The first kappa shape index (κ1) is 18.6. The van der Waals surface area contributed by atoms with E-state index in [1.54, 1.807) is 30.3 Å². The van der Waals surface area contributed by atoms with Crippen LogP contribution >= 0.6 is 0 Å². The molecule has 4 rings (SSSR count). The molecule has 0 bridgehead atoms. The Morgan fingerprint density at radius 1 is 1.17 bits per heavy atom. The number of rotatable bonds is 3. The number of imide groups is 1. The number of aromatic nitrogens is 1. The highest BCUT2D eigenvalue weighted by Crippen LogP contribution is 2.29. The summed E-state index contributed by atoms with van der Waals surface area (Å²) in [5, 5.41) is 7.65. The molecule has 0 radical (unpaired) electrons. The zero-order valence-corrected chi connectivity index (χ0v) is 15.7. The lowest BCUT2D eigenvalue weighted by molar-refractivity contribution is -0.136. The predicted octanol–water partition coefficient (Wildman–Crippen LogP) is 1.80. The minimum atomic E-state index is -0.667. The van der Waals surface area contributed by atoms with Gasteiger partial charge in [-0.1, -0.05) is 6.07 Å². The Labute approximate surface area is 166 Å². The molecule has 2 aliphatic rings. The maximum Gasteiger partial charge on any atom is 0.324 e. The van der Waals surface area contributed by atoms with Crippen LogP contribution in [0.5, 0.6) is 0 Å². The molecule has 9 heteroatoms. The summed E-state index contributed by atoms with van der Waals surface area (Å²) in [4.78, 5) is 54.0. The number of anilines is 2. The molecule has 1 saturated heterocycles. The molecule has 0 saturated carbocycles. The van der Waals surface area contributed by atoms with Crippen molar-refractivity contribution < 1.29 is 19.2 Å². The fraction of sp³-hybridized carbons (Fsp3) is 0.250. The summed E-state index contributed by atoms with van der Waals surface area (Å²) in [7, 11) is 0. The van der Waals surface area contributed by atoms with Crippen molar-refractivity contribution >= 4 is 35.3 Å². The number of carbonyl (C=O) groups excluding carboxylic acids is 4. The molecule has 0 aliphatic carbocycles. The average Bonchev–Trinajstić information content (AvgIpc) is 2.97. The van der Waals surface area contributed by atoms with Crippen molar-refractivity contribution in [3.05, 3.63) is 53.2 Å². The highest BCUT2D eigenvalue weighted by Gasteiger charge is 2.39. The van der Waals surface area contributed by atoms with Crippen LogP contribution < -0.4 is 16.0 Å². The summed E-state index contributed by atoms with van der Waals surface area (Å²) in [5.74, 6) is -0.598. The van der Waals surface area contributed by atoms with Gasteiger partial charge in [0.2, 0.25) is 11.8 Å². The van der Waals surface area contributed by atoms with Crippen molar-refractivity contribution in [2.75, 3.05) is 10.6 Å². The van der Waals surface area contributed by atoms with E-state index in [-0.39, 0.29) is 24.8 Å². The maximum absolute atomic E-state index is 12.7. The SMILES string of the molecule is Cc1cccc(NC(=O)Nc2ccc3c(c2)CN(C2CCC(=O)NC2=O)C3=O)n1. The van der Waals surface area contributed by atoms with Crippen molar-refractivity contribution in [2.45, 2.75) is 32.4 Å². The Bertz CT molecular complexity index is 1040. The van der Waals surface area contributed by atoms with E-state index in [0.29, 0.717) is 29.1 Å². The van der Waals surface area contributed by atoms with Gasteiger partial charge in [0.15, 0.2) is 0 Å². The zero-order valence-electron chi connectivity index (χ0n) is 15.7. The number of amides is 5. The molecule has 2 aliphatic heterocycles. The van der Waals surface area contributed by atoms with Crippen LogP contribution in [0, 0.1) is 6.92 Å². The molecule has 3 heterocycles. The Morgan fingerprint density at radius 3 is 2.76 bits per heavy atom. The molecule has 29 heavy (non-hydrogen) atoms. The highest BCUT2D eigenvalue weighted by atomic mass is 16.2. The molecule has 148 valence electrons. The van der Waals surface area contributed by atoms with Gasteiger partial charge in [0.1, 0.15) is 11.9 Å². The summed E-state index contributed by atoms with van der Waals surface area (Å²) in [6.45, 7) is 2.08. The smallest absolute Gasteiger partial charge is 0.322 e. The fourth-order valence-electron chi connectivity index (χ4n) is 3.54. The topological polar surface area (TPSA) is 120 Å². The highest BCUT2D eigenvalue weighted by molar-refractivity contribution is 6.06. The van der Waals surface area contributed by atoms with Crippen LogP contribution in [-0.2, 0) is 16.1 Å². The molecular formula is C20H19N5O4. The number of piperidine rings is 1. The summed E-state index contributed by atoms with van der Waals surface area (Å²) in [6.07, 6.45) is 0.512. The van der Waals surface area contributed by atoms with E-state index in [2.05, 4.69) is 20.9 Å². The molecule has 1 aromatic heterocycles. The van der Waals surface area contributed by atoms with Gasteiger partial charge >= 0.3 is 6.03 Å². The Kier molecular flexibility index (Phi) is 4.71. The molecular weight excluding hydrogens is 374 g/mol. The summed E-state index contributed by atoms with van der Waals surface area (Å²) >= 11 is 0. The molecule has 1 unspecified atom stereocenters. The number of pyridine rings is 1. The maximum atomic E-state index is 12.7. The molecule has 1 aromatic carbocycles. The fourth-order valence-corrected chi connectivity index (χ4v) is 3.54. The molecule has 9 nitrogen and oxygen atoms in total. The zero-order chi connectivity index (χ0) is 20.5. The largest absolute Gasteiger partial charge is 0.324 e. The number of hydrogen-bond acceptors (Lipinski definition) is 5. The third kappa shape index (κ3) is 3.79. The number of hydrogen-bond donors (Lipinski definition) is 3. The van der Waals surface area contributed by atoms with Gasteiger partial charge in [0.25, 0.3) is 5.91 Å². The van der Waals surface area contributed by atoms with E-state index in [1.807, 2.05) is 13.0 Å². The van der Waals surface area contributed by atoms with Crippen molar-refractivity contribution in [1.29, 1.82) is 0 Å². The minimum absolute atomic E-state index is 0.205. The standard InChI is InChI=1S/C20H19N5O4/c1-11-3-2-4-16(21-11)23-20(29)22-13-5-6-14-12(9-13)10-25(19(14)28)15-7-8-17(26)24-18(15)27/h2-6,9,15H,7-8,10H2,1H3,(H,24,26,27)(H2,21,22,23,29). The van der Waals surface area contributed by atoms with E-state index in [0.717, 1.165) is 5.69 Å². The third-order valence-electron chi connectivity index (χ3n) is 4.91. The number of carbonyl (C=O) groups is 4. The lowest BCUT2D eigenvalue weighted by atomic mass is 10.0. The minimum Gasteiger partial charge on any atom is -0.322 e.